The summed E-state index contributed by atoms with van der Waals surface area (Å²) in [6, 6.07) is 10.2. The minimum Gasteiger partial charge on any atom is -0.530 e. The molecule has 6 nitrogen and oxygen atoms in total. The number of aromatic nitrogens is 1. The number of esters is 1. The van der Waals surface area contributed by atoms with E-state index in [1.807, 2.05) is 38.1 Å². The van der Waals surface area contributed by atoms with E-state index in [1.54, 1.807) is 12.3 Å². The van der Waals surface area contributed by atoms with Crippen LogP contribution in [0.1, 0.15) is 45.2 Å². The molecule has 36 heavy (non-hydrogen) atoms. The average Bonchev–Trinajstić information content (AvgIpc) is 3.15. The molecule has 1 aromatic carbocycles. The number of ether oxygens (including phenoxy) is 1. The molecule has 1 aliphatic heterocycles. The Hall–Kier alpha value is -3.22. The second kappa shape index (κ2) is 10.0. The third-order valence-electron chi connectivity index (χ3n) is 8.57. The molecule has 3 fully saturated rings. The molecule has 2 aliphatic carbocycles. The number of hydrogen-bond donors (Lipinski definition) is 0. The Labute approximate surface area is 211 Å². The molecular formula is C29H32FN2O4-. The molecule has 3 aliphatic rings. The molecule has 190 valence electrons. The number of rotatable bonds is 5. The van der Waals surface area contributed by atoms with Gasteiger partial charge in [-0.3, -0.25) is 9.78 Å². The van der Waals surface area contributed by atoms with Crippen molar-refractivity contribution < 1.29 is 23.8 Å². The predicted molar refractivity (Wildman–Crippen MR) is 132 cm³/mol. The lowest BCUT2D eigenvalue weighted by atomic mass is 9.56. The van der Waals surface area contributed by atoms with Crippen molar-refractivity contribution in [3.63, 3.8) is 0 Å². The molecule has 1 aromatic heterocycles. The van der Waals surface area contributed by atoms with E-state index >= 15 is 0 Å². The predicted octanol–water partition coefficient (Wildman–Crippen LogP) is 4.55. The Morgan fingerprint density at radius 2 is 2.06 bits per heavy atom. The molecule has 0 radical (unpaired) electrons. The second-order valence-electron chi connectivity index (χ2n) is 10.4. The van der Waals surface area contributed by atoms with Gasteiger partial charge in [0.1, 0.15) is 18.0 Å². The topological polar surface area (TPSA) is 82.6 Å². The molecule has 0 bridgehead atoms. The lowest BCUT2D eigenvalue weighted by Gasteiger charge is -2.49. The molecule has 2 heterocycles. The van der Waals surface area contributed by atoms with Gasteiger partial charge in [0.15, 0.2) is 0 Å². The van der Waals surface area contributed by atoms with Crippen molar-refractivity contribution in [2.24, 2.45) is 29.6 Å². The van der Waals surface area contributed by atoms with Crippen molar-refractivity contribution in [1.29, 1.82) is 0 Å². The fourth-order valence-corrected chi connectivity index (χ4v) is 6.96. The van der Waals surface area contributed by atoms with Crippen LogP contribution >= 0.6 is 0 Å². The number of carbonyl (C=O) groups is 2. The van der Waals surface area contributed by atoms with Gasteiger partial charge in [0.05, 0.1) is 11.6 Å². The summed E-state index contributed by atoms with van der Waals surface area (Å²) in [4.78, 5) is 30.3. The second-order valence-corrected chi connectivity index (χ2v) is 10.4. The fourth-order valence-electron chi connectivity index (χ4n) is 6.96. The van der Waals surface area contributed by atoms with Crippen LogP contribution in [0.5, 0.6) is 0 Å². The van der Waals surface area contributed by atoms with E-state index in [2.05, 4.69) is 11.1 Å². The quantitative estimate of drug-likeness (QED) is 0.573. The van der Waals surface area contributed by atoms with Crippen molar-refractivity contribution in [3.8, 4) is 11.1 Å². The van der Waals surface area contributed by atoms with Crippen LogP contribution in [0.2, 0.25) is 0 Å². The van der Waals surface area contributed by atoms with Crippen LogP contribution in [-0.4, -0.2) is 40.6 Å². The van der Waals surface area contributed by atoms with Crippen LogP contribution in [0.25, 0.3) is 17.2 Å². The maximum atomic E-state index is 13.6. The van der Waals surface area contributed by atoms with E-state index in [1.165, 1.54) is 17.0 Å². The monoisotopic (exact) mass is 491 g/mol. The van der Waals surface area contributed by atoms with Crippen molar-refractivity contribution in [3.05, 3.63) is 60.2 Å². The maximum Gasteiger partial charge on any atom is 0.309 e. The number of halogens is 1. The molecule has 2 saturated carbocycles. The minimum absolute atomic E-state index is 0.0608. The molecule has 7 heteroatoms. The van der Waals surface area contributed by atoms with Gasteiger partial charge in [0, 0.05) is 30.3 Å². The largest absolute Gasteiger partial charge is 0.530 e. The number of nitrogens with zero attached hydrogens (tertiary/aromatic N) is 2. The first-order chi connectivity index (χ1) is 17.4. The highest BCUT2D eigenvalue weighted by Gasteiger charge is 2.54. The van der Waals surface area contributed by atoms with Gasteiger partial charge in [-0.2, -0.15) is 0 Å². The van der Waals surface area contributed by atoms with Crippen molar-refractivity contribution >= 4 is 18.1 Å². The summed E-state index contributed by atoms with van der Waals surface area (Å²) >= 11 is 0. The molecule has 5 rings (SSSR count). The van der Waals surface area contributed by atoms with Crippen molar-refractivity contribution in [2.45, 2.75) is 51.7 Å². The van der Waals surface area contributed by atoms with Crippen LogP contribution < -0.4 is 5.11 Å². The third-order valence-corrected chi connectivity index (χ3v) is 8.57. The first-order valence-corrected chi connectivity index (χ1v) is 12.9. The summed E-state index contributed by atoms with van der Waals surface area (Å²) in [6.07, 6.45) is 7.90. The first-order valence-electron chi connectivity index (χ1n) is 12.9. The zero-order chi connectivity index (χ0) is 25.4. The molecular weight excluding hydrogens is 459 g/mol. The van der Waals surface area contributed by atoms with Crippen molar-refractivity contribution in [1.82, 2.24) is 9.88 Å². The minimum atomic E-state index is -1.12. The standard InChI is InChI=1S/C29H33FN2O4/c1-3-32(29(34)35)23-10-12-24-20(14-23)15-26-27(17(2)36-28(26)33)25(24)11-9-22-8-7-19(16-31-22)18-5-4-6-21(30)13-18/h4-9,11,13,16-17,20,23-27H,3,10,12,14-15H2,1-2H3,(H,34,35)/p-1/b11-9+/t17-,20+,23+,24-,25+,26-,27+/m1/s1. The van der Waals surface area contributed by atoms with Gasteiger partial charge in [-0.05, 0) is 87.1 Å². The number of amides is 1. The summed E-state index contributed by atoms with van der Waals surface area (Å²) in [6.45, 7) is 4.24. The van der Waals surface area contributed by atoms with Gasteiger partial charge in [-0.1, -0.05) is 24.3 Å². The number of carboxylic acid groups (broad SMARTS) is 1. The molecule has 0 N–H and O–H groups in total. The average molecular weight is 492 g/mol. The molecule has 2 aromatic rings. The first kappa shape index (κ1) is 24.5. The lowest BCUT2D eigenvalue weighted by Crippen LogP contribution is -2.52. The summed E-state index contributed by atoms with van der Waals surface area (Å²) in [5, 5.41) is 11.6. The van der Waals surface area contributed by atoms with Crippen LogP contribution in [0.15, 0.2) is 48.7 Å². The lowest BCUT2D eigenvalue weighted by molar-refractivity contribution is -0.268. The molecule has 1 amide bonds. The van der Waals surface area contributed by atoms with Crippen LogP contribution in [0, 0.1) is 35.4 Å². The summed E-state index contributed by atoms with van der Waals surface area (Å²) < 4.78 is 19.3. The van der Waals surface area contributed by atoms with Gasteiger partial charge < -0.3 is 19.5 Å². The SMILES string of the molecule is CCN(C(=O)[O-])[C@H]1CC[C@@H]2[C@@H](C1)C[C@H]1C(=O)O[C@H](C)[C@H]1[C@H]2/C=C/c1ccc(-c2cccc(F)c2)cn1. The molecule has 1 saturated heterocycles. The highest BCUT2D eigenvalue weighted by molar-refractivity contribution is 5.75. The Balaban J connectivity index is 1.38. The number of hydrogen-bond acceptors (Lipinski definition) is 5. The highest BCUT2D eigenvalue weighted by Crippen LogP contribution is 2.54. The number of benzene rings is 1. The van der Waals surface area contributed by atoms with Gasteiger partial charge in [-0.15, -0.1) is 0 Å². The van der Waals surface area contributed by atoms with Gasteiger partial charge in [-0.25, -0.2) is 4.39 Å². The normalized spacial score (nSPS) is 31.5. The number of allylic oxidation sites excluding steroid dienone is 1. The van der Waals surface area contributed by atoms with Gasteiger partial charge in [0.25, 0.3) is 0 Å². The number of pyridine rings is 1. The molecule has 0 unspecified atom stereocenters. The maximum absolute atomic E-state index is 13.6. The van der Waals surface area contributed by atoms with E-state index in [0.717, 1.165) is 42.5 Å². The Morgan fingerprint density at radius 1 is 1.22 bits per heavy atom. The van der Waals surface area contributed by atoms with Crippen LogP contribution in [0.3, 0.4) is 0 Å². The number of cyclic esters (lactones) is 1. The third kappa shape index (κ3) is 4.63. The van der Waals surface area contributed by atoms with Gasteiger partial charge in [0.2, 0.25) is 0 Å². The number of fused-ring (bicyclic) bond motifs is 2. The zero-order valence-electron chi connectivity index (χ0n) is 20.7. The summed E-state index contributed by atoms with van der Waals surface area (Å²) in [5.74, 6) is 0.321. The van der Waals surface area contributed by atoms with Crippen LogP contribution in [-0.2, 0) is 9.53 Å². The van der Waals surface area contributed by atoms with E-state index in [0.29, 0.717) is 12.5 Å². The Bertz CT molecular complexity index is 1150. The molecule has 7 atom stereocenters. The zero-order valence-corrected chi connectivity index (χ0v) is 20.7. The molecule has 0 spiro atoms. The Morgan fingerprint density at radius 3 is 2.75 bits per heavy atom. The van der Waals surface area contributed by atoms with E-state index < -0.39 is 6.09 Å². The van der Waals surface area contributed by atoms with Crippen LogP contribution in [0.4, 0.5) is 9.18 Å². The van der Waals surface area contributed by atoms with E-state index in [9.17, 15) is 19.1 Å². The summed E-state index contributed by atoms with van der Waals surface area (Å²) in [5.41, 5.74) is 2.43. The van der Waals surface area contributed by atoms with Gasteiger partial charge >= 0.3 is 5.97 Å². The van der Waals surface area contributed by atoms with E-state index in [-0.39, 0.29) is 47.6 Å². The van der Waals surface area contributed by atoms with Crippen molar-refractivity contribution in [2.75, 3.05) is 6.54 Å². The van der Waals surface area contributed by atoms with E-state index in [4.69, 9.17) is 4.74 Å². The Kier molecular flexibility index (Phi) is 6.82. The highest BCUT2D eigenvalue weighted by atomic mass is 19.1. The number of carbonyl (C=O) groups excluding carboxylic acids is 2. The smallest absolute Gasteiger partial charge is 0.309 e. The fraction of sp³-hybridized carbons (Fsp3) is 0.483. The summed E-state index contributed by atoms with van der Waals surface area (Å²) in [7, 11) is 0.